The average Bonchev–Trinajstić information content (AvgIpc) is 2.40. The Morgan fingerprint density at radius 2 is 1.95 bits per heavy atom. The molecule has 20 heavy (non-hydrogen) atoms. The maximum atomic E-state index is 12.9. The summed E-state index contributed by atoms with van der Waals surface area (Å²) in [5.74, 6) is 0.554. The van der Waals surface area contributed by atoms with Crippen molar-refractivity contribution in [1.82, 2.24) is 4.98 Å². The van der Waals surface area contributed by atoms with Crippen LogP contribution in [-0.4, -0.2) is 17.0 Å². The van der Waals surface area contributed by atoms with E-state index in [1.807, 2.05) is 31.0 Å². The lowest BCUT2D eigenvalue weighted by molar-refractivity contribution is 0.627. The van der Waals surface area contributed by atoms with Gasteiger partial charge in [-0.1, -0.05) is 24.4 Å². The standard InChI is InChI=1S/C15H16FN3S/c1-10-7-12(15(17)20)8-14(18-10)19(2)9-11-3-5-13(16)6-4-11/h3-8H,9H2,1-2H3,(H2,17,20). The third kappa shape index (κ3) is 3.51. The Balaban J connectivity index is 2.22. The van der Waals surface area contributed by atoms with Crippen molar-refractivity contribution in [2.45, 2.75) is 13.5 Å². The number of aryl methyl sites for hydroxylation is 1. The number of benzene rings is 1. The molecule has 5 heteroatoms. The Labute approximate surface area is 123 Å². The minimum absolute atomic E-state index is 0.235. The molecule has 2 rings (SSSR count). The molecular weight excluding hydrogens is 273 g/mol. The van der Waals surface area contributed by atoms with Crippen LogP contribution in [0.15, 0.2) is 36.4 Å². The van der Waals surface area contributed by atoms with Gasteiger partial charge in [-0.15, -0.1) is 0 Å². The van der Waals surface area contributed by atoms with Crippen molar-refractivity contribution in [2.24, 2.45) is 5.73 Å². The SMILES string of the molecule is Cc1cc(C(N)=S)cc(N(C)Cc2ccc(F)cc2)n1. The van der Waals surface area contributed by atoms with Gasteiger partial charge in [0.2, 0.25) is 0 Å². The van der Waals surface area contributed by atoms with Gasteiger partial charge in [0.15, 0.2) is 0 Å². The van der Waals surface area contributed by atoms with Gasteiger partial charge in [-0.05, 0) is 36.8 Å². The quantitative estimate of drug-likeness (QED) is 0.879. The van der Waals surface area contributed by atoms with Gasteiger partial charge in [0.05, 0.1) is 0 Å². The minimum Gasteiger partial charge on any atom is -0.389 e. The number of thiocarbonyl (C=S) groups is 1. The maximum Gasteiger partial charge on any atom is 0.129 e. The molecule has 0 fully saturated rings. The second-order valence-electron chi connectivity index (χ2n) is 4.70. The van der Waals surface area contributed by atoms with E-state index in [4.69, 9.17) is 18.0 Å². The Kier molecular flexibility index (Phi) is 4.29. The van der Waals surface area contributed by atoms with Gasteiger partial charge >= 0.3 is 0 Å². The lowest BCUT2D eigenvalue weighted by atomic mass is 10.2. The second-order valence-corrected chi connectivity index (χ2v) is 5.14. The van der Waals surface area contributed by atoms with Crippen LogP contribution >= 0.6 is 12.2 Å². The van der Waals surface area contributed by atoms with Crippen molar-refractivity contribution in [1.29, 1.82) is 0 Å². The van der Waals surface area contributed by atoms with Crippen molar-refractivity contribution >= 4 is 23.0 Å². The highest BCUT2D eigenvalue weighted by Gasteiger charge is 2.08. The predicted molar refractivity (Wildman–Crippen MR) is 83.4 cm³/mol. The van der Waals surface area contributed by atoms with Crippen LogP contribution in [0.5, 0.6) is 0 Å². The van der Waals surface area contributed by atoms with E-state index in [0.29, 0.717) is 11.5 Å². The summed E-state index contributed by atoms with van der Waals surface area (Å²) < 4.78 is 12.9. The number of rotatable bonds is 4. The molecule has 0 bridgehead atoms. The maximum absolute atomic E-state index is 12.9. The summed E-state index contributed by atoms with van der Waals surface area (Å²) in [6.45, 7) is 2.53. The van der Waals surface area contributed by atoms with Crippen molar-refractivity contribution in [2.75, 3.05) is 11.9 Å². The van der Waals surface area contributed by atoms with E-state index < -0.39 is 0 Å². The van der Waals surface area contributed by atoms with E-state index >= 15 is 0 Å². The lowest BCUT2D eigenvalue weighted by Gasteiger charge is -2.19. The molecular formula is C15H16FN3S. The predicted octanol–water partition coefficient (Wildman–Crippen LogP) is 2.80. The molecule has 3 nitrogen and oxygen atoms in total. The fraction of sp³-hybridized carbons (Fsp3) is 0.200. The molecule has 0 aliphatic rings. The molecule has 0 radical (unpaired) electrons. The van der Waals surface area contributed by atoms with Gasteiger partial charge in [-0.2, -0.15) is 0 Å². The molecule has 0 atom stereocenters. The Hall–Kier alpha value is -2.01. The van der Waals surface area contributed by atoms with Crippen LogP contribution in [0.3, 0.4) is 0 Å². The van der Waals surface area contributed by atoms with Crippen LogP contribution in [0, 0.1) is 12.7 Å². The zero-order valence-corrected chi connectivity index (χ0v) is 12.2. The molecule has 2 N–H and O–H groups in total. The molecule has 2 aromatic rings. The summed E-state index contributed by atoms with van der Waals surface area (Å²) in [6.07, 6.45) is 0. The first-order chi connectivity index (χ1) is 9.45. The molecule has 0 saturated heterocycles. The van der Waals surface area contributed by atoms with Crippen LogP contribution in [0.1, 0.15) is 16.8 Å². The van der Waals surface area contributed by atoms with Crippen LogP contribution in [-0.2, 0) is 6.54 Å². The van der Waals surface area contributed by atoms with E-state index in [-0.39, 0.29) is 5.82 Å². The molecule has 1 aromatic heterocycles. The average molecular weight is 289 g/mol. The first kappa shape index (κ1) is 14.4. The van der Waals surface area contributed by atoms with E-state index in [1.54, 1.807) is 12.1 Å². The smallest absolute Gasteiger partial charge is 0.129 e. The third-order valence-corrected chi connectivity index (χ3v) is 3.18. The fourth-order valence-electron chi connectivity index (χ4n) is 1.93. The fourth-order valence-corrected chi connectivity index (χ4v) is 2.05. The largest absolute Gasteiger partial charge is 0.389 e. The van der Waals surface area contributed by atoms with Gasteiger partial charge in [0, 0.05) is 24.8 Å². The molecule has 104 valence electrons. The van der Waals surface area contributed by atoms with E-state index in [0.717, 1.165) is 22.6 Å². The summed E-state index contributed by atoms with van der Waals surface area (Å²) >= 11 is 5.00. The number of hydrogen-bond acceptors (Lipinski definition) is 3. The van der Waals surface area contributed by atoms with Gasteiger partial charge < -0.3 is 10.6 Å². The van der Waals surface area contributed by atoms with Gasteiger partial charge in [0.1, 0.15) is 16.6 Å². The summed E-state index contributed by atoms with van der Waals surface area (Å²) in [5, 5.41) is 0. The topological polar surface area (TPSA) is 42.1 Å². The van der Waals surface area contributed by atoms with Crippen molar-refractivity contribution in [3.63, 3.8) is 0 Å². The summed E-state index contributed by atoms with van der Waals surface area (Å²) in [6, 6.07) is 10.1. The third-order valence-electron chi connectivity index (χ3n) is 2.95. The highest BCUT2D eigenvalue weighted by atomic mass is 32.1. The molecule has 0 amide bonds. The molecule has 1 aromatic carbocycles. The molecule has 1 heterocycles. The number of aromatic nitrogens is 1. The Morgan fingerprint density at radius 3 is 2.55 bits per heavy atom. The van der Waals surface area contributed by atoms with Gasteiger partial charge in [-0.25, -0.2) is 9.37 Å². The second kappa shape index (κ2) is 5.96. The van der Waals surface area contributed by atoms with E-state index in [2.05, 4.69) is 4.98 Å². The van der Waals surface area contributed by atoms with E-state index in [1.165, 1.54) is 12.1 Å². The Morgan fingerprint density at radius 1 is 1.30 bits per heavy atom. The minimum atomic E-state index is -0.235. The number of anilines is 1. The molecule has 0 aliphatic heterocycles. The molecule has 0 aliphatic carbocycles. The number of nitrogens with two attached hydrogens (primary N) is 1. The zero-order valence-electron chi connectivity index (χ0n) is 11.4. The Bertz CT molecular complexity index is 626. The van der Waals surface area contributed by atoms with Crippen molar-refractivity contribution < 1.29 is 4.39 Å². The molecule has 0 spiro atoms. The number of nitrogens with zero attached hydrogens (tertiary/aromatic N) is 2. The normalized spacial score (nSPS) is 10.3. The zero-order chi connectivity index (χ0) is 14.7. The number of pyridine rings is 1. The molecule has 0 unspecified atom stereocenters. The first-order valence-electron chi connectivity index (χ1n) is 6.20. The summed E-state index contributed by atoms with van der Waals surface area (Å²) in [5.41, 5.74) is 8.33. The van der Waals surface area contributed by atoms with E-state index in [9.17, 15) is 4.39 Å². The van der Waals surface area contributed by atoms with Gasteiger partial charge in [0.25, 0.3) is 0 Å². The van der Waals surface area contributed by atoms with Crippen molar-refractivity contribution in [3.8, 4) is 0 Å². The molecule has 0 saturated carbocycles. The van der Waals surface area contributed by atoms with Gasteiger partial charge in [-0.3, -0.25) is 0 Å². The summed E-state index contributed by atoms with van der Waals surface area (Å²) in [4.78, 5) is 6.79. The van der Waals surface area contributed by atoms with Crippen LogP contribution < -0.4 is 10.6 Å². The summed E-state index contributed by atoms with van der Waals surface area (Å²) in [7, 11) is 1.93. The highest BCUT2D eigenvalue weighted by molar-refractivity contribution is 7.80. The van der Waals surface area contributed by atoms with Crippen LogP contribution in [0.4, 0.5) is 10.2 Å². The van der Waals surface area contributed by atoms with Crippen LogP contribution in [0.25, 0.3) is 0 Å². The highest BCUT2D eigenvalue weighted by Crippen LogP contribution is 2.16. The number of hydrogen-bond donors (Lipinski definition) is 1. The first-order valence-corrected chi connectivity index (χ1v) is 6.60. The van der Waals surface area contributed by atoms with Crippen molar-refractivity contribution in [3.05, 3.63) is 59.0 Å². The monoisotopic (exact) mass is 289 g/mol. The van der Waals surface area contributed by atoms with Crippen LogP contribution in [0.2, 0.25) is 0 Å². The number of halogens is 1. The lowest BCUT2D eigenvalue weighted by Crippen LogP contribution is -2.19.